The highest BCUT2D eigenvalue weighted by atomic mass is 32.2. The van der Waals surface area contributed by atoms with E-state index in [4.69, 9.17) is 4.74 Å². The molecule has 2 aromatic carbocycles. The molecule has 1 aliphatic rings. The second kappa shape index (κ2) is 9.88. The number of halogens is 1. The molecule has 0 radical (unpaired) electrons. The normalized spacial score (nSPS) is 15.0. The fraction of sp³-hybridized carbons (Fsp3) is 0.391. The van der Waals surface area contributed by atoms with Gasteiger partial charge in [-0.15, -0.1) is 0 Å². The van der Waals surface area contributed by atoms with Gasteiger partial charge in [-0.3, -0.25) is 10.1 Å². The molecule has 0 aliphatic carbocycles. The van der Waals surface area contributed by atoms with Gasteiger partial charge in [-0.25, -0.2) is 17.6 Å². The molecule has 1 fully saturated rings. The maximum absolute atomic E-state index is 13.9. The van der Waals surface area contributed by atoms with Crippen molar-refractivity contribution < 1.29 is 27.1 Å². The molecule has 0 spiro atoms. The lowest BCUT2D eigenvalue weighted by Gasteiger charge is -2.26. The number of nitrogens with zero attached hydrogens (tertiary/aromatic N) is 1. The Morgan fingerprint density at radius 2 is 1.67 bits per heavy atom. The number of hydrogen-bond donors (Lipinski definition) is 2. The average molecular weight is 478 g/mol. The smallest absolute Gasteiger partial charge is 0.412 e. The summed E-state index contributed by atoms with van der Waals surface area (Å²) in [5, 5.41) is 5.02. The molecule has 8 nitrogen and oxygen atoms in total. The molecule has 0 saturated carbocycles. The van der Waals surface area contributed by atoms with Gasteiger partial charge < -0.3 is 10.1 Å². The third kappa shape index (κ3) is 6.52. The molecule has 0 bridgehead atoms. The van der Waals surface area contributed by atoms with Crippen molar-refractivity contribution in [2.75, 3.05) is 23.7 Å². The lowest BCUT2D eigenvalue weighted by atomic mass is 10.2. The van der Waals surface area contributed by atoms with Gasteiger partial charge in [0.25, 0.3) is 5.91 Å². The zero-order valence-corrected chi connectivity index (χ0v) is 19.7. The van der Waals surface area contributed by atoms with Crippen LogP contribution in [0.4, 0.5) is 20.6 Å². The highest BCUT2D eigenvalue weighted by molar-refractivity contribution is 7.89. The summed E-state index contributed by atoms with van der Waals surface area (Å²) in [5.41, 5.74) is -0.514. The molecular weight excluding hydrogens is 449 g/mol. The van der Waals surface area contributed by atoms with Crippen molar-refractivity contribution in [1.82, 2.24) is 4.31 Å². The zero-order chi connectivity index (χ0) is 24.2. The minimum absolute atomic E-state index is 0.00940. The summed E-state index contributed by atoms with van der Waals surface area (Å²) in [5.74, 6) is -1.27. The van der Waals surface area contributed by atoms with Crippen LogP contribution in [0.1, 0.15) is 50.4 Å². The first-order valence-corrected chi connectivity index (χ1v) is 12.1. The fourth-order valence-electron chi connectivity index (χ4n) is 3.39. The van der Waals surface area contributed by atoms with Crippen molar-refractivity contribution in [3.63, 3.8) is 0 Å². The number of rotatable bonds is 5. The molecule has 1 heterocycles. The van der Waals surface area contributed by atoms with E-state index in [0.717, 1.165) is 31.4 Å². The van der Waals surface area contributed by atoms with Crippen LogP contribution in [-0.4, -0.2) is 43.4 Å². The van der Waals surface area contributed by atoms with E-state index in [1.807, 2.05) is 0 Å². The number of carbonyl (C=O) groups excluding carboxylic acids is 2. The van der Waals surface area contributed by atoms with Gasteiger partial charge in [0.2, 0.25) is 10.0 Å². The first kappa shape index (κ1) is 24.7. The maximum atomic E-state index is 13.9. The Balaban J connectivity index is 1.81. The summed E-state index contributed by atoms with van der Waals surface area (Å²) in [6, 6.07) is 9.17. The van der Waals surface area contributed by atoms with E-state index in [-0.39, 0.29) is 21.8 Å². The van der Waals surface area contributed by atoms with Crippen LogP contribution >= 0.6 is 0 Å². The van der Waals surface area contributed by atoms with Crippen LogP contribution in [0, 0.1) is 5.82 Å². The molecule has 33 heavy (non-hydrogen) atoms. The summed E-state index contributed by atoms with van der Waals surface area (Å²) in [7, 11) is -3.72. The fourth-order valence-corrected chi connectivity index (χ4v) is 4.95. The molecule has 10 heteroatoms. The highest BCUT2D eigenvalue weighted by Crippen LogP contribution is 2.26. The molecule has 0 unspecified atom stereocenters. The predicted octanol–water partition coefficient (Wildman–Crippen LogP) is 4.60. The Hall–Kier alpha value is -2.98. The van der Waals surface area contributed by atoms with Gasteiger partial charge in [-0.05, 0) is 70.0 Å². The van der Waals surface area contributed by atoms with Crippen LogP contribution in [0.3, 0.4) is 0 Å². The van der Waals surface area contributed by atoms with E-state index in [9.17, 15) is 22.4 Å². The van der Waals surface area contributed by atoms with Gasteiger partial charge >= 0.3 is 6.09 Å². The van der Waals surface area contributed by atoms with Crippen molar-refractivity contribution >= 4 is 33.4 Å². The Morgan fingerprint density at radius 3 is 2.33 bits per heavy atom. The third-order valence-corrected chi connectivity index (χ3v) is 6.81. The average Bonchev–Trinajstić information content (AvgIpc) is 2.75. The number of amides is 2. The maximum Gasteiger partial charge on any atom is 0.412 e. The zero-order valence-electron chi connectivity index (χ0n) is 18.9. The number of benzene rings is 2. The quantitative estimate of drug-likeness (QED) is 0.655. The number of nitrogens with one attached hydrogen (secondary N) is 2. The molecule has 1 aliphatic heterocycles. The lowest BCUT2D eigenvalue weighted by Crippen LogP contribution is -2.35. The van der Waals surface area contributed by atoms with E-state index in [1.165, 1.54) is 34.6 Å². The Bertz CT molecular complexity index is 1140. The van der Waals surface area contributed by atoms with Gasteiger partial charge in [0, 0.05) is 18.7 Å². The molecule has 2 N–H and O–H groups in total. The minimum atomic E-state index is -3.72. The van der Waals surface area contributed by atoms with Crippen LogP contribution in [0.15, 0.2) is 47.4 Å². The third-order valence-electron chi connectivity index (χ3n) is 4.91. The van der Waals surface area contributed by atoms with Crippen LogP contribution in [0.25, 0.3) is 0 Å². The molecule has 0 atom stereocenters. The van der Waals surface area contributed by atoms with Crippen LogP contribution in [0.2, 0.25) is 0 Å². The largest absolute Gasteiger partial charge is 0.444 e. The summed E-state index contributed by atoms with van der Waals surface area (Å²) < 4.78 is 46.3. The number of hydrogen-bond acceptors (Lipinski definition) is 5. The number of sulfonamides is 1. The topological polar surface area (TPSA) is 105 Å². The molecule has 1 saturated heterocycles. The van der Waals surface area contributed by atoms with Crippen molar-refractivity contribution in [1.29, 1.82) is 0 Å². The second-order valence-corrected chi connectivity index (χ2v) is 10.7. The van der Waals surface area contributed by atoms with Crippen LogP contribution in [-0.2, 0) is 14.8 Å². The summed E-state index contributed by atoms with van der Waals surface area (Å²) >= 11 is 0. The van der Waals surface area contributed by atoms with Crippen molar-refractivity contribution in [2.45, 2.75) is 50.5 Å². The van der Waals surface area contributed by atoms with Gasteiger partial charge in [-0.2, -0.15) is 4.31 Å². The van der Waals surface area contributed by atoms with Gasteiger partial charge in [0.05, 0.1) is 16.3 Å². The van der Waals surface area contributed by atoms with E-state index < -0.39 is 33.4 Å². The van der Waals surface area contributed by atoms with Gasteiger partial charge in [0.15, 0.2) is 0 Å². The van der Waals surface area contributed by atoms with E-state index in [2.05, 4.69) is 10.6 Å². The van der Waals surface area contributed by atoms with Gasteiger partial charge in [0.1, 0.15) is 11.4 Å². The van der Waals surface area contributed by atoms with Gasteiger partial charge in [-0.1, -0.05) is 12.5 Å². The standard InChI is InChI=1S/C23H28FN3O5S/c1-23(2,3)32-22(29)26-19-11-10-17(24)15-20(19)25-21(28)16-8-7-9-18(14-16)33(30,31)27-12-5-4-6-13-27/h7-11,14-15H,4-6,12-13H2,1-3H3,(H,25,28)(H,26,29). The minimum Gasteiger partial charge on any atom is -0.444 e. The summed E-state index contributed by atoms with van der Waals surface area (Å²) in [4.78, 5) is 25.0. The number of anilines is 2. The Kier molecular flexibility index (Phi) is 7.38. The Labute approximate surface area is 193 Å². The van der Waals surface area contributed by atoms with Crippen molar-refractivity contribution in [3.05, 3.63) is 53.8 Å². The first-order chi connectivity index (χ1) is 15.5. The van der Waals surface area contributed by atoms with Crippen molar-refractivity contribution in [3.8, 4) is 0 Å². The van der Waals surface area contributed by atoms with E-state index >= 15 is 0 Å². The Morgan fingerprint density at radius 1 is 0.970 bits per heavy atom. The SMILES string of the molecule is CC(C)(C)OC(=O)Nc1ccc(F)cc1NC(=O)c1cccc(S(=O)(=O)N2CCCCC2)c1. The molecule has 2 amide bonds. The molecular formula is C23H28FN3O5S. The van der Waals surface area contributed by atoms with E-state index in [1.54, 1.807) is 20.8 Å². The summed E-state index contributed by atoms with van der Waals surface area (Å²) in [6.45, 7) is 5.99. The number of ether oxygens (including phenoxy) is 1. The molecule has 178 valence electrons. The molecule has 3 rings (SSSR count). The predicted molar refractivity (Wildman–Crippen MR) is 123 cm³/mol. The monoisotopic (exact) mass is 477 g/mol. The van der Waals surface area contributed by atoms with Crippen molar-refractivity contribution in [2.24, 2.45) is 0 Å². The lowest BCUT2D eigenvalue weighted by molar-refractivity contribution is 0.0635. The van der Waals surface area contributed by atoms with E-state index in [0.29, 0.717) is 13.1 Å². The highest BCUT2D eigenvalue weighted by Gasteiger charge is 2.26. The van der Waals surface area contributed by atoms with Crippen LogP contribution < -0.4 is 10.6 Å². The van der Waals surface area contributed by atoms with Crippen LogP contribution in [0.5, 0.6) is 0 Å². The molecule has 2 aromatic rings. The summed E-state index contributed by atoms with van der Waals surface area (Å²) in [6.07, 6.45) is 1.82. The number of carbonyl (C=O) groups is 2. The molecule has 0 aromatic heterocycles. The first-order valence-electron chi connectivity index (χ1n) is 10.7. The number of piperidine rings is 1. The second-order valence-electron chi connectivity index (χ2n) is 8.76.